The van der Waals surface area contributed by atoms with Gasteiger partial charge in [0.2, 0.25) is 0 Å². The summed E-state index contributed by atoms with van der Waals surface area (Å²) in [5, 5.41) is 11.5. The summed E-state index contributed by atoms with van der Waals surface area (Å²) in [5.41, 5.74) is 3.04. The van der Waals surface area contributed by atoms with Crippen LogP contribution in [0.15, 0.2) is 48.7 Å². The minimum absolute atomic E-state index is 0. The van der Waals surface area contributed by atoms with Crippen molar-refractivity contribution in [3.63, 3.8) is 0 Å². The van der Waals surface area contributed by atoms with E-state index in [-0.39, 0.29) is 38.3 Å². The number of pyridine rings is 1. The van der Waals surface area contributed by atoms with Crippen LogP contribution in [0.1, 0.15) is 48.5 Å². The third kappa shape index (κ3) is 3.74. The summed E-state index contributed by atoms with van der Waals surface area (Å²) in [4.78, 5) is 20.4. The van der Waals surface area contributed by atoms with Gasteiger partial charge in [0.15, 0.2) is 0 Å². The first-order chi connectivity index (χ1) is 13.7. The number of imidazole rings is 1. The molecule has 0 aliphatic heterocycles. The van der Waals surface area contributed by atoms with E-state index in [2.05, 4.69) is 33.9 Å². The van der Waals surface area contributed by atoms with E-state index in [0.717, 1.165) is 46.0 Å². The van der Waals surface area contributed by atoms with Gasteiger partial charge in [0.1, 0.15) is 5.82 Å². The van der Waals surface area contributed by atoms with Crippen LogP contribution in [-0.2, 0) is 32.7 Å². The van der Waals surface area contributed by atoms with E-state index in [1.165, 1.54) is 19.3 Å². The molecule has 0 saturated heterocycles. The minimum atomic E-state index is -0.927. The zero-order chi connectivity index (χ0) is 19.1. The van der Waals surface area contributed by atoms with Crippen LogP contribution in [0.3, 0.4) is 0 Å². The molecule has 143 valence electrons. The van der Waals surface area contributed by atoms with E-state index in [1.54, 1.807) is 12.1 Å². The van der Waals surface area contributed by atoms with E-state index in [4.69, 9.17) is 4.98 Å². The summed E-state index contributed by atoms with van der Waals surface area (Å²) in [6.45, 7) is 0. The van der Waals surface area contributed by atoms with Crippen LogP contribution in [-0.4, -0.2) is 25.6 Å². The van der Waals surface area contributed by atoms with Crippen molar-refractivity contribution in [2.24, 2.45) is 0 Å². The molecule has 1 N–H and O–H groups in total. The second kappa shape index (κ2) is 8.33. The quantitative estimate of drug-likeness (QED) is 0.425. The van der Waals surface area contributed by atoms with Crippen LogP contribution in [0.25, 0.3) is 33.2 Å². The Kier molecular flexibility index (Phi) is 5.80. The average molecular weight is 459 g/mol. The van der Waals surface area contributed by atoms with Crippen LogP contribution in [0, 0.1) is 6.20 Å². The maximum atomic E-state index is 11.4. The number of fused-ring (bicyclic) bond motifs is 2. The molecule has 0 spiro atoms. The van der Waals surface area contributed by atoms with Crippen LogP contribution >= 0.6 is 0 Å². The molecule has 0 amide bonds. The van der Waals surface area contributed by atoms with Crippen molar-refractivity contribution in [2.75, 3.05) is 0 Å². The maximum absolute atomic E-state index is 11.4. The van der Waals surface area contributed by atoms with Crippen LogP contribution in [0.2, 0.25) is 0 Å². The Morgan fingerprint density at radius 2 is 1.90 bits per heavy atom. The van der Waals surface area contributed by atoms with E-state index < -0.39 is 5.97 Å². The Labute approximate surface area is 194 Å². The molecule has 1 fully saturated rings. The first-order valence-electron chi connectivity index (χ1n) is 9.72. The van der Waals surface area contributed by atoms with Gasteiger partial charge in [-0.3, -0.25) is 0 Å². The van der Waals surface area contributed by atoms with Crippen molar-refractivity contribution in [3.05, 3.63) is 60.4 Å². The molecule has 1 aliphatic rings. The predicted octanol–water partition coefficient (Wildman–Crippen LogP) is 5.25. The first-order valence-corrected chi connectivity index (χ1v) is 9.72. The predicted molar refractivity (Wildman–Crippen MR) is 108 cm³/mol. The van der Waals surface area contributed by atoms with Gasteiger partial charge in [0.05, 0.1) is 16.6 Å². The Morgan fingerprint density at radius 3 is 2.69 bits per heavy atom. The fourth-order valence-corrected chi connectivity index (χ4v) is 4.32. The number of carboxylic acid groups (broad SMARTS) is 1. The third-order valence-electron chi connectivity index (χ3n) is 5.72. The Morgan fingerprint density at radius 1 is 1.07 bits per heavy atom. The Balaban J connectivity index is 0.00000205. The molecule has 0 bridgehead atoms. The smallest absolute Gasteiger partial charge is 0.335 e. The van der Waals surface area contributed by atoms with Crippen molar-refractivity contribution in [1.29, 1.82) is 0 Å². The molecular weight excluding hydrogens is 439 g/mol. The zero-order valence-corrected chi connectivity index (χ0v) is 18.8. The maximum Gasteiger partial charge on any atom is 0.335 e. The standard InChI is InChI=1S/C23H20N3O2.Y/c27-23(28)17-8-9-21-20(13-17)25-22(26(21)19-4-2-1-3-5-19)16-7-6-15-10-11-24-14-18(15)12-16;/h6-10,12-14,19H,1-5H2,(H,27,28);/q-1;. The molecule has 0 atom stereocenters. The molecule has 2 heterocycles. The van der Waals surface area contributed by atoms with Crippen LogP contribution in [0.5, 0.6) is 0 Å². The molecule has 1 saturated carbocycles. The molecule has 2 aromatic carbocycles. The zero-order valence-electron chi connectivity index (χ0n) is 16.0. The fraction of sp³-hybridized carbons (Fsp3) is 0.261. The normalized spacial score (nSPS) is 14.8. The van der Waals surface area contributed by atoms with Crippen LogP contribution < -0.4 is 0 Å². The van der Waals surface area contributed by atoms with Gasteiger partial charge in [0.25, 0.3) is 0 Å². The van der Waals surface area contributed by atoms with E-state index >= 15 is 0 Å². The second-order valence-electron chi connectivity index (χ2n) is 7.48. The third-order valence-corrected chi connectivity index (χ3v) is 5.72. The van der Waals surface area contributed by atoms with Gasteiger partial charge in [-0.15, -0.1) is 16.8 Å². The monoisotopic (exact) mass is 459 g/mol. The van der Waals surface area contributed by atoms with Crippen molar-refractivity contribution in [1.82, 2.24) is 14.5 Å². The van der Waals surface area contributed by atoms with Gasteiger partial charge in [-0.25, -0.2) is 9.78 Å². The Hall–Kier alpha value is -2.11. The van der Waals surface area contributed by atoms with Crippen molar-refractivity contribution >= 4 is 27.8 Å². The summed E-state index contributed by atoms with van der Waals surface area (Å²) < 4.78 is 2.32. The molecule has 1 radical (unpaired) electrons. The van der Waals surface area contributed by atoms with E-state index in [9.17, 15) is 9.90 Å². The van der Waals surface area contributed by atoms with Crippen molar-refractivity contribution in [2.45, 2.75) is 38.1 Å². The first kappa shape index (κ1) is 20.2. The summed E-state index contributed by atoms with van der Waals surface area (Å²) in [7, 11) is 0. The van der Waals surface area contributed by atoms with Gasteiger partial charge in [-0.1, -0.05) is 43.8 Å². The summed E-state index contributed by atoms with van der Waals surface area (Å²) >= 11 is 0. The topological polar surface area (TPSA) is 68.0 Å². The number of carbonyl (C=O) groups is 1. The molecule has 6 heteroatoms. The molecule has 5 nitrogen and oxygen atoms in total. The largest absolute Gasteiger partial charge is 0.478 e. The number of aromatic carboxylic acids is 1. The Bertz CT molecular complexity index is 1200. The van der Waals surface area contributed by atoms with E-state index in [0.29, 0.717) is 6.04 Å². The molecule has 5 rings (SSSR count). The summed E-state index contributed by atoms with van der Waals surface area (Å²) in [5.74, 6) is -0.0251. The van der Waals surface area contributed by atoms with Crippen LogP contribution in [0.4, 0.5) is 0 Å². The average Bonchev–Trinajstić information content (AvgIpc) is 3.12. The second-order valence-corrected chi connectivity index (χ2v) is 7.48. The number of aromatic nitrogens is 3. The van der Waals surface area contributed by atoms with Gasteiger partial charge in [0, 0.05) is 44.3 Å². The van der Waals surface area contributed by atoms with Gasteiger partial charge >= 0.3 is 5.97 Å². The van der Waals surface area contributed by atoms with Crippen molar-refractivity contribution in [3.8, 4) is 11.4 Å². The van der Waals surface area contributed by atoms with Gasteiger partial charge in [-0.05, 0) is 31.0 Å². The number of carboxylic acids is 1. The SMILES string of the molecule is O=C(O)c1ccc2c(c1)nc(-c1ccc3c[c-]ncc3c1)n2C1CCCCC1.[Y]. The number of benzene rings is 2. The fourth-order valence-electron chi connectivity index (χ4n) is 4.32. The van der Waals surface area contributed by atoms with Crippen molar-refractivity contribution < 1.29 is 42.6 Å². The molecule has 29 heavy (non-hydrogen) atoms. The van der Waals surface area contributed by atoms with Gasteiger partial charge < -0.3 is 14.7 Å². The molecule has 2 aromatic heterocycles. The summed E-state index contributed by atoms with van der Waals surface area (Å²) in [6, 6.07) is 13.8. The molecule has 0 unspecified atom stereocenters. The van der Waals surface area contributed by atoms with E-state index in [1.807, 2.05) is 18.3 Å². The number of hydrogen-bond donors (Lipinski definition) is 1. The minimum Gasteiger partial charge on any atom is -0.478 e. The summed E-state index contributed by atoms with van der Waals surface area (Å²) in [6.07, 6.45) is 10.7. The number of nitrogens with zero attached hydrogens (tertiary/aromatic N) is 3. The van der Waals surface area contributed by atoms with Gasteiger partial charge in [-0.2, -0.15) is 6.07 Å². The number of rotatable bonds is 3. The molecular formula is C23H20N3O2Y-. The number of hydrogen-bond acceptors (Lipinski definition) is 3. The molecule has 1 aliphatic carbocycles. The molecule has 4 aromatic rings.